The van der Waals surface area contributed by atoms with Crippen LogP contribution in [0.1, 0.15) is 24.0 Å². The van der Waals surface area contributed by atoms with E-state index in [1.54, 1.807) is 0 Å². The Bertz CT molecular complexity index is 860. The molecule has 0 bridgehead atoms. The number of carbonyl (C=O) groups excluding carboxylic acids is 3. The first-order valence-corrected chi connectivity index (χ1v) is 9.37. The van der Waals surface area contributed by atoms with Gasteiger partial charge in [0.25, 0.3) is 5.24 Å². The largest absolute Gasteiger partial charge is 0.335 e. The van der Waals surface area contributed by atoms with Crippen LogP contribution < -0.4 is 10.6 Å². The fourth-order valence-corrected chi connectivity index (χ4v) is 3.94. The summed E-state index contributed by atoms with van der Waals surface area (Å²) in [5.74, 6) is 0.0195. The fraction of sp³-hybridized carbons (Fsp3) is 0.250. The Morgan fingerprint density at radius 2 is 1.77 bits per heavy atom. The quantitative estimate of drug-likeness (QED) is 0.852. The highest BCUT2D eigenvalue weighted by molar-refractivity contribution is 8.26. The van der Waals surface area contributed by atoms with Crippen LogP contribution in [0.5, 0.6) is 0 Å². The van der Waals surface area contributed by atoms with Crippen molar-refractivity contribution in [3.05, 3.63) is 65.7 Å². The van der Waals surface area contributed by atoms with Crippen LogP contribution in [0.3, 0.4) is 0 Å². The van der Waals surface area contributed by atoms with E-state index in [-0.39, 0.29) is 16.3 Å². The second-order valence-corrected chi connectivity index (χ2v) is 7.69. The molecule has 1 aliphatic heterocycles. The molecule has 2 aromatic carbocycles. The zero-order valence-electron chi connectivity index (χ0n) is 14.0. The third-order valence-corrected chi connectivity index (χ3v) is 5.72. The van der Waals surface area contributed by atoms with Crippen molar-refractivity contribution < 1.29 is 14.4 Å². The molecule has 1 atom stereocenters. The number of carbonyl (C=O) groups is 3. The summed E-state index contributed by atoms with van der Waals surface area (Å²) in [7, 11) is 0. The van der Waals surface area contributed by atoms with Crippen LogP contribution >= 0.6 is 11.8 Å². The Labute approximate surface area is 155 Å². The summed E-state index contributed by atoms with van der Waals surface area (Å²) in [6, 6.07) is 16.8. The van der Waals surface area contributed by atoms with Crippen molar-refractivity contribution in [1.29, 1.82) is 0 Å². The summed E-state index contributed by atoms with van der Waals surface area (Å²) in [5.41, 5.74) is 2.32. The van der Waals surface area contributed by atoms with E-state index in [0.717, 1.165) is 41.4 Å². The molecule has 2 amide bonds. The minimum atomic E-state index is -0.472. The van der Waals surface area contributed by atoms with E-state index in [0.29, 0.717) is 6.42 Å². The average Bonchev–Trinajstić information content (AvgIpc) is 3.39. The van der Waals surface area contributed by atoms with Crippen LogP contribution in [0.4, 0.5) is 10.5 Å². The van der Waals surface area contributed by atoms with Crippen LogP contribution in [-0.2, 0) is 21.4 Å². The van der Waals surface area contributed by atoms with Gasteiger partial charge in [0.15, 0.2) is 0 Å². The van der Waals surface area contributed by atoms with Gasteiger partial charge in [0, 0.05) is 23.9 Å². The molecule has 0 radical (unpaired) electrons. The number of anilines is 1. The van der Waals surface area contributed by atoms with E-state index in [9.17, 15) is 14.4 Å². The van der Waals surface area contributed by atoms with Crippen molar-refractivity contribution in [1.82, 2.24) is 5.32 Å². The maximum absolute atomic E-state index is 12.7. The minimum absolute atomic E-state index is 0.0195. The van der Waals surface area contributed by atoms with Crippen molar-refractivity contribution >= 4 is 33.7 Å². The zero-order valence-corrected chi connectivity index (χ0v) is 14.8. The molecule has 6 heteroatoms. The van der Waals surface area contributed by atoms with E-state index in [1.807, 2.05) is 54.6 Å². The van der Waals surface area contributed by atoms with E-state index in [4.69, 9.17) is 0 Å². The molecule has 0 aromatic heterocycles. The van der Waals surface area contributed by atoms with E-state index < -0.39 is 11.5 Å². The molecule has 5 nitrogen and oxygen atoms in total. The number of thioether (sulfide) groups is 1. The van der Waals surface area contributed by atoms with Gasteiger partial charge in [0.2, 0.25) is 11.0 Å². The Balaban J connectivity index is 1.41. The molecule has 2 N–H and O–H groups in total. The molecule has 132 valence electrons. The molecule has 1 heterocycles. The SMILES string of the molecule is O=C1NC(Cc2ccc(NC(=O)C3(c4ccccc4)CC3)cc2)C(=O)S1. The van der Waals surface area contributed by atoms with Gasteiger partial charge in [0.05, 0.1) is 5.41 Å². The molecule has 1 unspecified atom stereocenters. The molecule has 2 fully saturated rings. The molecule has 0 spiro atoms. The number of hydrogen-bond acceptors (Lipinski definition) is 4. The summed E-state index contributed by atoms with van der Waals surface area (Å²) < 4.78 is 0. The van der Waals surface area contributed by atoms with Crippen LogP contribution in [-0.4, -0.2) is 22.3 Å². The van der Waals surface area contributed by atoms with Crippen molar-refractivity contribution in [2.24, 2.45) is 0 Å². The average molecular weight is 366 g/mol. The smallest absolute Gasteiger partial charge is 0.287 e. The topological polar surface area (TPSA) is 75.3 Å². The van der Waals surface area contributed by atoms with Gasteiger partial charge >= 0.3 is 0 Å². The normalized spacial score (nSPS) is 20.5. The van der Waals surface area contributed by atoms with Crippen molar-refractivity contribution in [3.8, 4) is 0 Å². The Morgan fingerprint density at radius 1 is 1.08 bits per heavy atom. The van der Waals surface area contributed by atoms with Crippen LogP contribution in [0.2, 0.25) is 0 Å². The van der Waals surface area contributed by atoms with Crippen molar-refractivity contribution in [2.75, 3.05) is 5.32 Å². The number of amides is 2. The highest BCUT2D eigenvalue weighted by Crippen LogP contribution is 2.48. The molecule has 26 heavy (non-hydrogen) atoms. The van der Waals surface area contributed by atoms with Crippen LogP contribution in [0.25, 0.3) is 0 Å². The van der Waals surface area contributed by atoms with Gasteiger partial charge in [-0.2, -0.15) is 0 Å². The lowest BCUT2D eigenvalue weighted by molar-refractivity contribution is -0.118. The molecule has 1 saturated heterocycles. The number of hydrogen-bond donors (Lipinski definition) is 2. The molecule has 1 saturated carbocycles. The highest BCUT2D eigenvalue weighted by Gasteiger charge is 2.51. The van der Waals surface area contributed by atoms with Gasteiger partial charge in [0.1, 0.15) is 6.04 Å². The van der Waals surface area contributed by atoms with Gasteiger partial charge < -0.3 is 10.6 Å². The number of nitrogens with one attached hydrogen (secondary N) is 2. The highest BCUT2D eigenvalue weighted by atomic mass is 32.2. The van der Waals surface area contributed by atoms with Crippen molar-refractivity contribution in [2.45, 2.75) is 30.7 Å². The van der Waals surface area contributed by atoms with Crippen molar-refractivity contribution in [3.63, 3.8) is 0 Å². The summed E-state index contributed by atoms with van der Waals surface area (Å²) in [6.07, 6.45) is 2.18. The molecule has 2 aliphatic rings. The lowest BCUT2D eigenvalue weighted by Gasteiger charge is -2.16. The van der Waals surface area contributed by atoms with Crippen LogP contribution in [0.15, 0.2) is 54.6 Å². The first-order valence-electron chi connectivity index (χ1n) is 8.55. The van der Waals surface area contributed by atoms with E-state index in [2.05, 4.69) is 10.6 Å². The minimum Gasteiger partial charge on any atom is -0.335 e. The Hall–Kier alpha value is -2.60. The summed E-state index contributed by atoms with van der Waals surface area (Å²) in [5, 5.41) is 5.21. The molecule has 2 aromatic rings. The monoisotopic (exact) mass is 366 g/mol. The second kappa shape index (κ2) is 6.61. The first-order chi connectivity index (χ1) is 12.6. The van der Waals surface area contributed by atoms with Gasteiger partial charge in [-0.3, -0.25) is 14.4 Å². The summed E-state index contributed by atoms with van der Waals surface area (Å²) in [4.78, 5) is 35.6. The molecule has 1 aliphatic carbocycles. The predicted octanol–water partition coefficient (Wildman–Crippen LogP) is 3.25. The van der Waals surface area contributed by atoms with Gasteiger partial charge in [-0.25, -0.2) is 0 Å². The maximum atomic E-state index is 12.7. The van der Waals surface area contributed by atoms with E-state index in [1.165, 1.54) is 0 Å². The van der Waals surface area contributed by atoms with Gasteiger partial charge in [-0.1, -0.05) is 42.5 Å². The number of benzene rings is 2. The first kappa shape index (κ1) is 16.8. The predicted molar refractivity (Wildman–Crippen MR) is 101 cm³/mol. The Morgan fingerprint density at radius 3 is 2.35 bits per heavy atom. The lowest BCUT2D eigenvalue weighted by atomic mass is 9.95. The van der Waals surface area contributed by atoms with Gasteiger partial charge in [-0.05, 0) is 36.1 Å². The summed E-state index contributed by atoms with van der Waals surface area (Å²) in [6.45, 7) is 0. The van der Waals surface area contributed by atoms with Crippen LogP contribution in [0, 0.1) is 0 Å². The van der Waals surface area contributed by atoms with E-state index >= 15 is 0 Å². The standard InChI is InChI=1S/C20H18N2O3S/c23-17-16(22-19(25)26-17)12-13-6-8-15(9-7-13)21-18(24)20(10-11-20)14-4-2-1-3-5-14/h1-9,16H,10-12H2,(H,21,24)(H,22,25). The molecular formula is C20H18N2O3S. The number of rotatable bonds is 5. The third-order valence-electron chi connectivity index (χ3n) is 4.93. The van der Waals surface area contributed by atoms with Gasteiger partial charge in [-0.15, -0.1) is 0 Å². The molecular weight excluding hydrogens is 348 g/mol. The lowest BCUT2D eigenvalue weighted by Crippen LogP contribution is -2.30. The zero-order chi connectivity index (χ0) is 18.1. The summed E-state index contributed by atoms with van der Waals surface area (Å²) >= 11 is 0.721. The fourth-order valence-electron chi connectivity index (χ4n) is 3.27. The third kappa shape index (κ3) is 3.24. The molecule has 4 rings (SSSR count). The second-order valence-electron chi connectivity index (χ2n) is 6.71. The maximum Gasteiger partial charge on any atom is 0.287 e. The Kier molecular flexibility index (Phi) is 4.28.